The number of hydrogen-bond donors (Lipinski definition) is 0. The fourth-order valence-electron chi connectivity index (χ4n) is 1.67. The SMILES string of the molecule is CCS(=O)(=O)CCn1cc(C=O)c(-c2csc(Cl)c2)n1. The lowest BCUT2D eigenvalue weighted by Gasteiger charge is -2.01. The zero-order chi connectivity index (χ0) is 14.8. The van der Waals surface area contributed by atoms with E-state index in [-0.39, 0.29) is 18.1 Å². The Morgan fingerprint density at radius 1 is 1.50 bits per heavy atom. The van der Waals surface area contributed by atoms with Gasteiger partial charge in [0.15, 0.2) is 16.1 Å². The summed E-state index contributed by atoms with van der Waals surface area (Å²) < 4.78 is 25.1. The van der Waals surface area contributed by atoms with Crippen LogP contribution in [0.1, 0.15) is 17.3 Å². The summed E-state index contributed by atoms with van der Waals surface area (Å²) in [6.07, 6.45) is 2.26. The van der Waals surface area contributed by atoms with Gasteiger partial charge in [0, 0.05) is 22.9 Å². The Hall–Kier alpha value is -1.18. The molecular formula is C12H13ClN2O3S2. The summed E-state index contributed by atoms with van der Waals surface area (Å²) in [6.45, 7) is 1.84. The number of aryl methyl sites for hydroxylation is 1. The van der Waals surface area contributed by atoms with Crippen LogP contribution in [-0.4, -0.2) is 36.0 Å². The minimum absolute atomic E-state index is 0.00725. The molecule has 0 aliphatic rings. The third-order valence-electron chi connectivity index (χ3n) is 2.83. The Morgan fingerprint density at radius 3 is 2.80 bits per heavy atom. The standard InChI is InChI=1S/C12H13ClN2O3S2/c1-2-20(17,18)4-3-15-6-10(7-16)12(14-15)9-5-11(13)19-8-9/h5-8H,2-4H2,1H3. The van der Waals surface area contributed by atoms with Gasteiger partial charge in [-0.25, -0.2) is 8.42 Å². The van der Waals surface area contributed by atoms with Crippen molar-refractivity contribution in [3.63, 3.8) is 0 Å². The molecule has 0 unspecified atom stereocenters. The zero-order valence-electron chi connectivity index (χ0n) is 10.7. The van der Waals surface area contributed by atoms with Crippen LogP contribution in [-0.2, 0) is 16.4 Å². The van der Waals surface area contributed by atoms with Crippen LogP contribution >= 0.6 is 22.9 Å². The number of aldehydes is 1. The monoisotopic (exact) mass is 332 g/mol. The quantitative estimate of drug-likeness (QED) is 0.762. The van der Waals surface area contributed by atoms with E-state index < -0.39 is 9.84 Å². The van der Waals surface area contributed by atoms with Gasteiger partial charge >= 0.3 is 0 Å². The summed E-state index contributed by atoms with van der Waals surface area (Å²) in [5.41, 5.74) is 1.71. The van der Waals surface area contributed by atoms with Crippen LogP contribution < -0.4 is 0 Å². The molecule has 0 aromatic carbocycles. The van der Waals surface area contributed by atoms with Crippen molar-refractivity contribution in [3.05, 3.63) is 27.5 Å². The maximum Gasteiger partial charge on any atom is 0.153 e. The molecule has 0 aliphatic heterocycles. The number of sulfone groups is 1. The van der Waals surface area contributed by atoms with Gasteiger partial charge < -0.3 is 0 Å². The number of hydrogen-bond acceptors (Lipinski definition) is 5. The lowest BCUT2D eigenvalue weighted by Crippen LogP contribution is -2.14. The van der Waals surface area contributed by atoms with Gasteiger partial charge in [-0.05, 0) is 6.07 Å². The van der Waals surface area contributed by atoms with E-state index in [1.165, 1.54) is 16.0 Å². The predicted molar refractivity (Wildman–Crippen MR) is 80.3 cm³/mol. The van der Waals surface area contributed by atoms with E-state index in [0.29, 0.717) is 21.9 Å². The molecule has 0 fully saturated rings. The number of thiophene rings is 1. The molecule has 2 aromatic heterocycles. The third kappa shape index (κ3) is 3.47. The number of nitrogens with zero attached hydrogens (tertiary/aromatic N) is 2. The van der Waals surface area contributed by atoms with Crippen LogP contribution in [0.3, 0.4) is 0 Å². The van der Waals surface area contributed by atoms with Gasteiger partial charge in [0.1, 0.15) is 5.69 Å². The molecule has 0 saturated carbocycles. The van der Waals surface area contributed by atoms with Crippen molar-refractivity contribution < 1.29 is 13.2 Å². The van der Waals surface area contributed by atoms with Gasteiger partial charge in [0.05, 0.1) is 22.2 Å². The minimum atomic E-state index is -3.06. The third-order valence-corrected chi connectivity index (χ3v) is 5.60. The molecule has 0 N–H and O–H groups in total. The molecule has 2 rings (SSSR count). The molecule has 0 atom stereocenters. The highest BCUT2D eigenvalue weighted by atomic mass is 35.5. The van der Waals surface area contributed by atoms with Crippen LogP contribution in [0.4, 0.5) is 0 Å². The Kier molecular flexibility index (Phi) is 4.62. The summed E-state index contributed by atoms with van der Waals surface area (Å²) in [6, 6.07) is 1.73. The van der Waals surface area contributed by atoms with Crippen molar-refractivity contribution in [3.8, 4) is 11.3 Å². The molecule has 0 bridgehead atoms. The van der Waals surface area contributed by atoms with Crippen molar-refractivity contribution in [1.29, 1.82) is 0 Å². The van der Waals surface area contributed by atoms with E-state index in [1.807, 2.05) is 5.38 Å². The van der Waals surface area contributed by atoms with E-state index >= 15 is 0 Å². The number of rotatable bonds is 6. The predicted octanol–water partition coefficient (Wildman–Crippen LogP) is 2.51. The van der Waals surface area contributed by atoms with Gasteiger partial charge in [-0.1, -0.05) is 18.5 Å². The van der Waals surface area contributed by atoms with Gasteiger partial charge in [-0.15, -0.1) is 11.3 Å². The highest BCUT2D eigenvalue weighted by Gasteiger charge is 2.14. The molecule has 20 heavy (non-hydrogen) atoms. The van der Waals surface area contributed by atoms with Gasteiger partial charge in [-0.2, -0.15) is 5.10 Å². The molecule has 0 saturated heterocycles. The van der Waals surface area contributed by atoms with Gasteiger partial charge in [0.2, 0.25) is 0 Å². The summed E-state index contributed by atoms with van der Waals surface area (Å²) >= 11 is 7.22. The second kappa shape index (κ2) is 6.07. The Balaban J connectivity index is 2.25. The van der Waals surface area contributed by atoms with Crippen molar-refractivity contribution in [2.75, 3.05) is 11.5 Å². The first kappa shape index (κ1) is 15.2. The molecule has 2 heterocycles. The molecule has 2 aromatic rings. The van der Waals surface area contributed by atoms with Crippen LogP contribution in [0.5, 0.6) is 0 Å². The lowest BCUT2D eigenvalue weighted by molar-refractivity contribution is 0.112. The largest absolute Gasteiger partial charge is 0.298 e. The Bertz CT molecular complexity index is 719. The van der Waals surface area contributed by atoms with E-state index in [0.717, 1.165) is 5.56 Å². The maximum atomic E-state index is 11.5. The van der Waals surface area contributed by atoms with Crippen LogP contribution in [0.2, 0.25) is 4.34 Å². The molecular weight excluding hydrogens is 320 g/mol. The molecule has 108 valence electrons. The normalized spacial score (nSPS) is 11.7. The van der Waals surface area contributed by atoms with E-state index in [9.17, 15) is 13.2 Å². The molecule has 5 nitrogen and oxygen atoms in total. The first-order valence-corrected chi connectivity index (χ1v) is 9.00. The lowest BCUT2D eigenvalue weighted by atomic mass is 10.2. The van der Waals surface area contributed by atoms with Crippen LogP contribution in [0, 0.1) is 0 Å². The van der Waals surface area contributed by atoms with Crippen LogP contribution in [0.25, 0.3) is 11.3 Å². The average Bonchev–Trinajstić information content (AvgIpc) is 3.02. The van der Waals surface area contributed by atoms with E-state index in [4.69, 9.17) is 11.6 Å². The van der Waals surface area contributed by atoms with E-state index in [1.54, 1.807) is 19.2 Å². The summed E-state index contributed by atoms with van der Waals surface area (Å²) in [5, 5.41) is 6.08. The zero-order valence-corrected chi connectivity index (χ0v) is 13.1. The fourth-order valence-corrected chi connectivity index (χ4v) is 3.29. The molecule has 0 amide bonds. The first-order valence-electron chi connectivity index (χ1n) is 5.92. The van der Waals surface area contributed by atoms with Crippen molar-refractivity contribution in [2.45, 2.75) is 13.5 Å². The topological polar surface area (TPSA) is 69.0 Å². The van der Waals surface area contributed by atoms with Crippen molar-refractivity contribution in [2.24, 2.45) is 0 Å². The van der Waals surface area contributed by atoms with Gasteiger partial charge in [-0.3, -0.25) is 9.48 Å². The number of halogens is 1. The van der Waals surface area contributed by atoms with Gasteiger partial charge in [0.25, 0.3) is 0 Å². The van der Waals surface area contributed by atoms with Crippen LogP contribution in [0.15, 0.2) is 17.6 Å². The van der Waals surface area contributed by atoms with Crippen molar-refractivity contribution >= 4 is 39.1 Å². The second-order valence-electron chi connectivity index (χ2n) is 4.19. The summed E-state index contributed by atoms with van der Waals surface area (Å²) in [7, 11) is -3.06. The first-order chi connectivity index (χ1) is 9.45. The fraction of sp³-hybridized carbons (Fsp3) is 0.333. The molecule has 8 heteroatoms. The second-order valence-corrected chi connectivity index (χ2v) is 8.21. The van der Waals surface area contributed by atoms with E-state index in [2.05, 4.69) is 5.10 Å². The smallest absolute Gasteiger partial charge is 0.153 e. The highest BCUT2D eigenvalue weighted by molar-refractivity contribution is 7.91. The number of aromatic nitrogens is 2. The average molecular weight is 333 g/mol. The molecule has 0 spiro atoms. The Labute approximate surface area is 126 Å². The number of carbonyl (C=O) groups is 1. The molecule has 0 radical (unpaired) electrons. The highest BCUT2D eigenvalue weighted by Crippen LogP contribution is 2.29. The minimum Gasteiger partial charge on any atom is -0.298 e. The molecule has 0 aliphatic carbocycles. The summed E-state index contributed by atoms with van der Waals surface area (Å²) in [5.74, 6) is 0.106. The maximum absolute atomic E-state index is 11.5. The number of carbonyl (C=O) groups excluding carboxylic acids is 1. The Morgan fingerprint density at radius 2 is 2.25 bits per heavy atom. The summed E-state index contributed by atoms with van der Waals surface area (Å²) in [4.78, 5) is 11.1. The van der Waals surface area contributed by atoms with Crippen molar-refractivity contribution in [1.82, 2.24) is 9.78 Å².